The first-order valence-electron chi connectivity index (χ1n) is 6.04. The normalized spacial score (nSPS) is 20.3. The summed E-state index contributed by atoms with van der Waals surface area (Å²) in [6.07, 6.45) is -8.53. The van der Waals surface area contributed by atoms with Crippen LogP contribution in [0.25, 0.3) is 0 Å². The van der Waals surface area contributed by atoms with Gasteiger partial charge in [0.1, 0.15) is 12.2 Å². The minimum atomic E-state index is -5.66. The standard InChI is InChI=1S/C6H12O10S.C3H6O5S/c7-1-2(8)3(9)6(13,17(14,15)16)4(10)5(11)12;1-3(5,2-4)9(6,7)8/h2-4,7-10,13H,1H2,(H,11,12)(H,14,15,16);2,5H,1H3,(H,6,7,8)/t2-,3-,4+,6-;/m1./s1. The van der Waals surface area contributed by atoms with Crippen LogP contribution in [-0.4, -0.2) is 109 Å². The predicted octanol–water partition coefficient (Wildman–Crippen LogP) is -5.50. The van der Waals surface area contributed by atoms with E-state index in [1.165, 1.54) is 0 Å². The van der Waals surface area contributed by atoms with Gasteiger partial charge in [-0.1, -0.05) is 0 Å². The Labute approximate surface area is 146 Å². The second-order valence-electron chi connectivity index (χ2n) is 4.81. The smallest absolute Gasteiger partial charge is 0.336 e. The Kier molecular flexibility index (Phi) is 9.41. The SMILES string of the molecule is CC(O)(C=O)S(=O)(=O)O.O=C(O)[C@H](O)[C@@](O)([C@H](O)[C@H](O)CO)S(=O)(=O)O. The zero-order valence-electron chi connectivity index (χ0n) is 12.8. The van der Waals surface area contributed by atoms with Crippen LogP contribution in [-0.2, 0) is 29.8 Å². The summed E-state index contributed by atoms with van der Waals surface area (Å²) >= 11 is 0. The Morgan fingerprint density at radius 2 is 1.42 bits per heavy atom. The molecule has 0 amide bonds. The first-order chi connectivity index (χ1) is 11.3. The summed E-state index contributed by atoms with van der Waals surface area (Å²) in [5.41, 5.74) is 0. The fourth-order valence-electron chi connectivity index (χ4n) is 1.07. The molecule has 0 aromatic rings. The average Bonchev–Trinajstić information content (AvgIpc) is 2.49. The molecule has 5 atom stereocenters. The first-order valence-corrected chi connectivity index (χ1v) is 8.92. The van der Waals surface area contributed by atoms with Gasteiger partial charge < -0.3 is 35.7 Å². The second kappa shape index (κ2) is 9.08. The third-order valence-corrected chi connectivity index (χ3v) is 5.19. The molecule has 0 spiro atoms. The summed E-state index contributed by atoms with van der Waals surface area (Å²) in [7, 11) is -10.3. The van der Waals surface area contributed by atoms with Crippen LogP contribution < -0.4 is 0 Å². The van der Waals surface area contributed by atoms with Gasteiger partial charge in [-0.15, -0.1) is 0 Å². The van der Waals surface area contributed by atoms with E-state index >= 15 is 0 Å². The van der Waals surface area contributed by atoms with Gasteiger partial charge in [-0.2, -0.15) is 16.8 Å². The summed E-state index contributed by atoms with van der Waals surface area (Å²) in [6, 6.07) is 0. The van der Waals surface area contributed by atoms with Crippen LogP contribution in [0, 0.1) is 0 Å². The number of hydrogen-bond acceptors (Lipinski definition) is 12. The van der Waals surface area contributed by atoms with Crippen LogP contribution in [0.3, 0.4) is 0 Å². The van der Waals surface area contributed by atoms with Crippen molar-refractivity contribution in [1.29, 1.82) is 0 Å². The lowest BCUT2D eigenvalue weighted by molar-refractivity contribution is -0.174. The maximum atomic E-state index is 10.8. The topological polar surface area (TPSA) is 284 Å². The van der Waals surface area contributed by atoms with E-state index < -0.39 is 61.0 Å². The molecule has 0 fully saturated rings. The molecule has 0 saturated heterocycles. The van der Waals surface area contributed by atoms with E-state index in [0.717, 1.165) is 0 Å². The molecule has 17 heteroatoms. The second-order valence-corrected chi connectivity index (χ2v) is 8.19. The average molecular weight is 430 g/mol. The summed E-state index contributed by atoms with van der Waals surface area (Å²) in [5.74, 6) is -2.27. The van der Waals surface area contributed by atoms with E-state index in [2.05, 4.69) is 0 Å². The van der Waals surface area contributed by atoms with E-state index in [0.29, 0.717) is 6.92 Å². The van der Waals surface area contributed by atoms with Gasteiger partial charge >= 0.3 is 26.2 Å². The molecular formula is C9H18O15S2. The molecule has 0 heterocycles. The number of hydrogen-bond donors (Lipinski definition) is 9. The molecule has 0 bridgehead atoms. The Morgan fingerprint density at radius 1 is 1.04 bits per heavy atom. The van der Waals surface area contributed by atoms with Gasteiger partial charge in [0.2, 0.25) is 4.93 Å². The minimum Gasteiger partial charge on any atom is -0.479 e. The summed E-state index contributed by atoms with van der Waals surface area (Å²) in [4.78, 5) is 13.4. The number of aldehydes is 1. The quantitative estimate of drug-likeness (QED) is 0.128. The Balaban J connectivity index is 0. The number of carboxylic acid groups (broad SMARTS) is 1. The van der Waals surface area contributed by atoms with Crippen molar-refractivity contribution in [1.82, 2.24) is 0 Å². The highest BCUT2D eigenvalue weighted by molar-refractivity contribution is 7.87. The van der Waals surface area contributed by atoms with E-state index in [1.807, 2.05) is 0 Å². The highest BCUT2D eigenvalue weighted by Crippen LogP contribution is 2.25. The Bertz CT molecular complexity index is 695. The van der Waals surface area contributed by atoms with Gasteiger partial charge in [-0.05, 0) is 6.92 Å². The predicted molar refractivity (Wildman–Crippen MR) is 77.5 cm³/mol. The van der Waals surface area contributed by atoms with E-state index in [4.69, 9.17) is 39.7 Å². The van der Waals surface area contributed by atoms with Gasteiger partial charge in [-0.25, -0.2) is 4.79 Å². The van der Waals surface area contributed by atoms with Crippen molar-refractivity contribution in [3.8, 4) is 0 Å². The first kappa shape index (κ1) is 26.9. The lowest BCUT2D eigenvalue weighted by Gasteiger charge is -2.33. The van der Waals surface area contributed by atoms with Gasteiger partial charge in [-0.3, -0.25) is 13.9 Å². The monoisotopic (exact) mass is 430 g/mol. The van der Waals surface area contributed by atoms with Crippen LogP contribution in [0.1, 0.15) is 6.92 Å². The molecule has 0 rings (SSSR count). The zero-order valence-corrected chi connectivity index (χ0v) is 14.4. The number of aliphatic hydroxyl groups is 6. The molecule has 1 unspecified atom stereocenters. The third-order valence-electron chi connectivity index (χ3n) is 2.76. The van der Waals surface area contributed by atoms with Crippen molar-refractivity contribution >= 4 is 32.5 Å². The van der Waals surface area contributed by atoms with Crippen molar-refractivity contribution in [2.75, 3.05) is 6.61 Å². The summed E-state index contributed by atoms with van der Waals surface area (Å²) < 4.78 is 58.2. The van der Waals surface area contributed by atoms with Gasteiger partial charge in [0.05, 0.1) is 6.61 Å². The molecule has 9 N–H and O–H groups in total. The molecule has 0 aliphatic carbocycles. The van der Waals surface area contributed by atoms with Crippen molar-refractivity contribution < 1.29 is 71.3 Å². The fraction of sp³-hybridized carbons (Fsp3) is 0.778. The lowest BCUT2D eigenvalue weighted by Crippen LogP contribution is -2.64. The molecule has 0 saturated carbocycles. The van der Waals surface area contributed by atoms with Crippen LogP contribution in [0.2, 0.25) is 0 Å². The fourth-order valence-corrected chi connectivity index (χ4v) is 2.04. The maximum absolute atomic E-state index is 10.8. The van der Waals surface area contributed by atoms with Crippen LogP contribution >= 0.6 is 0 Å². The minimum absolute atomic E-state index is 0.262. The molecule has 0 aromatic heterocycles. The Morgan fingerprint density at radius 3 is 1.58 bits per heavy atom. The molecule has 26 heavy (non-hydrogen) atoms. The van der Waals surface area contributed by atoms with E-state index in [9.17, 15) is 31.5 Å². The maximum Gasteiger partial charge on any atom is 0.336 e. The van der Waals surface area contributed by atoms with Crippen molar-refractivity contribution in [2.24, 2.45) is 0 Å². The number of rotatable bonds is 8. The largest absolute Gasteiger partial charge is 0.479 e. The lowest BCUT2D eigenvalue weighted by atomic mass is 10.0. The summed E-state index contributed by atoms with van der Waals surface area (Å²) in [6.45, 7) is -0.569. The third kappa shape index (κ3) is 6.16. The van der Waals surface area contributed by atoms with Crippen LogP contribution in [0.4, 0.5) is 0 Å². The van der Waals surface area contributed by atoms with Crippen LogP contribution in [0.5, 0.6) is 0 Å². The number of carbonyl (C=O) groups is 2. The molecule has 0 radical (unpaired) electrons. The van der Waals surface area contributed by atoms with Crippen molar-refractivity contribution in [3.63, 3.8) is 0 Å². The molecule has 0 aliphatic rings. The molecular weight excluding hydrogens is 412 g/mol. The Hall–Kier alpha value is -1.28. The summed E-state index contributed by atoms with van der Waals surface area (Å²) in [5, 5.41) is 61.6. The van der Waals surface area contributed by atoms with E-state index in [1.54, 1.807) is 0 Å². The number of carboxylic acids is 1. The van der Waals surface area contributed by atoms with E-state index in [-0.39, 0.29) is 6.29 Å². The van der Waals surface area contributed by atoms with Gasteiger partial charge in [0.15, 0.2) is 12.4 Å². The van der Waals surface area contributed by atoms with Crippen molar-refractivity contribution in [3.05, 3.63) is 0 Å². The molecule has 15 nitrogen and oxygen atoms in total. The van der Waals surface area contributed by atoms with Crippen molar-refractivity contribution in [2.45, 2.75) is 35.1 Å². The zero-order chi connectivity index (χ0) is 21.7. The molecule has 0 aromatic carbocycles. The highest BCUT2D eigenvalue weighted by Gasteiger charge is 2.59. The van der Waals surface area contributed by atoms with Gasteiger partial charge in [0.25, 0.3) is 4.93 Å². The number of aliphatic carboxylic acids is 1. The highest BCUT2D eigenvalue weighted by atomic mass is 32.2. The number of carbonyl (C=O) groups excluding carboxylic acids is 1. The molecule has 156 valence electrons. The molecule has 0 aliphatic heterocycles. The van der Waals surface area contributed by atoms with Gasteiger partial charge in [0, 0.05) is 0 Å². The number of aliphatic hydroxyl groups excluding tert-OH is 4. The van der Waals surface area contributed by atoms with Crippen LogP contribution in [0.15, 0.2) is 0 Å².